The van der Waals surface area contributed by atoms with Crippen molar-refractivity contribution in [3.63, 3.8) is 0 Å². The highest BCUT2D eigenvalue weighted by Gasteiger charge is 2.42. The number of aryl methyl sites for hydroxylation is 1. The molecule has 2 aliphatic rings. The molecule has 6 heteroatoms. The minimum Gasteiger partial charge on any atom is -0.381 e. The molecule has 2 saturated heterocycles. The fourth-order valence-corrected chi connectivity index (χ4v) is 3.58. The number of amides is 2. The van der Waals surface area contributed by atoms with Crippen molar-refractivity contribution in [2.45, 2.75) is 19.8 Å². The summed E-state index contributed by atoms with van der Waals surface area (Å²) in [4.78, 5) is 14.6. The second-order valence-corrected chi connectivity index (χ2v) is 6.85. The molecule has 126 valence electrons. The number of urea groups is 1. The fourth-order valence-electron chi connectivity index (χ4n) is 3.58. The van der Waals surface area contributed by atoms with Crippen LogP contribution in [0.2, 0.25) is 0 Å². The lowest BCUT2D eigenvalue weighted by atomic mass is 9.87. The van der Waals surface area contributed by atoms with Crippen molar-refractivity contribution in [1.82, 2.24) is 14.7 Å². The van der Waals surface area contributed by atoms with Crippen molar-refractivity contribution in [3.05, 3.63) is 42.2 Å². The zero-order valence-electron chi connectivity index (χ0n) is 13.9. The Labute approximate surface area is 141 Å². The summed E-state index contributed by atoms with van der Waals surface area (Å²) in [5.41, 5.74) is 2.99. The molecule has 2 amide bonds. The number of ether oxygens (including phenoxy) is 1. The predicted molar refractivity (Wildman–Crippen MR) is 91.4 cm³/mol. The van der Waals surface area contributed by atoms with E-state index < -0.39 is 0 Å². The summed E-state index contributed by atoms with van der Waals surface area (Å²) >= 11 is 0. The Hall–Kier alpha value is -2.34. The SMILES string of the molecule is Cc1ccc(-n2cccn2)cc1NC(=O)N1CCC2(CCOC2)C1. The molecule has 1 atom stereocenters. The van der Waals surface area contributed by atoms with Crippen LogP contribution in [0.4, 0.5) is 10.5 Å². The van der Waals surface area contributed by atoms with Crippen LogP contribution in [0.25, 0.3) is 5.69 Å². The Bertz CT molecular complexity index is 735. The van der Waals surface area contributed by atoms with Crippen LogP contribution in [0.3, 0.4) is 0 Å². The number of nitrogens with one attached hydrogen (secondary N) is 1. The zero-order chi connectivity index (χ0) is 16.6. The molecule has 0 aliphatic carbocycles. The maximum Gasteiger partial charge on any atom is 0.321 e. The lowest BCUT2D eigenvalue weighted by Gasteiger charge is -2.22. The molecule has 1 unspecified atom stereocenters. The van der Waals surface area contributed by atoms with E-state index in [9.17, 15) is 4.79 Å². The van der Waals surface area contributed by atoms with Crippen LogP contribution in [0.15, 0.2) is 36.7 Å². The van der Waals surface area contributed by atoms with Crippen molar-refractivity contribution in [1.29, 1.82) is 0 Å². The predicted octanol–water partition coefficient (Wildman–Crippen LogP) is 2.83. The molecule has 1 N–H and O–H groups in total. The molecule has 0 radical (unpaired) electrons. The molecule has 2 fully saturated rings. The highest BCUT2D eigenvalue weighted by molar-refractivity contribution is 5.90. The Balaban J connectivity index is 1.49. The number of hydrogen-bond acceptors (Lipinski definition) is 3. The summed E-state index contributed by atoms with van der Waals surface area (Å²) in [6, 6.07) is 7.82. The van der Waals surface area contributed by atoms with Crippen molar-refractivity contribution < 1.29 is 9.53 Å². The lowest BCUT2D eigenvalue weighted by Crippen LogP contribution is -2.35. The van der Waals surface area contributed by atoms with Crippen LogP contribution in [0.1, 0.15) is 18.4 Å². The van der Waals surface area contributed by atoms with Gasteiger partial charge in [0, 0.05) is 43.2 Å². The van der Waals surface area contributed by atoms with Gasteiger partial charge in [-0.2, -0.15) is 5.10 Å². The molecule has 1 aromatic heterocycles. The lowest BCUT2D eigenvalue weighted by molar-refractivity contribution is 0.154. The molecule has 24 heavy (non-hydrogen) atoms. The van der Waals surface area contributed by atoms with Crippen LogP contribution >= 0.6 is 0 Å². The van der Waals surface area contributed by atoms with E-state index >= 15 is 0 Å². The Morgan fingerprint density at radius 2 is 2.29 bits per heavy atom. The normalized spacial score (nSPS) is 23.1. The molecule has 0 bridgehead atoms. The van der Waals surface area contributed by atoms with E-state index in [0.717, 1.165) is 56.1 Å². The molecule has 4 rings (SSSR count). The number of carbonyl (C=O) groups excluding carboxylic acids is 1. The van der Waals surface area contributed by atoms with Crippen molar-refractivity contribution in [3.8, 4) is 5.69 Å². The van der Waals surface area contributed by atoms with E-state index in [1.165, 1.54) is 0 Å². The van der Waals surface area contributed by atoms with E-state index in [2.05, 4.69) is 10.4 Å². The summed E-state index contributed by atoms with van der Waals surface area (Å²) in [7, 11) is 0. The maximum absolute atomic E-state index is 12.7. The second kappa shape index (κ2) is 5.94. The van der Waals surface area contributed by atoms with Gasteiger partial charge in [0.25, 0.3) is 0 Å². The first kappa shape index (κ1) is 15.2. The standard InChI is InChI=1S/C18H22N4O2/c1-14-3-4-15(22-8-2-7-19-22)11-16(14)20-17(23)21-9-5-18(12-21)6-10-24-13-18/h2-4,7-8,11H,5-6,9-10,12-13H2,1H3,(H,20,23). The number of carbonyl (C=O) groups is 1. The van der Waals surface area contributed by atoms with E-state index in [4.69, 9.17) is 4.74 Å². The van der Waals surface area contributed by atoms with Crippen molar-refractivity contribution >= 4 is 11.7 Å². The summed E-state index contributed by atoms with van der Waals surface area (Å²) in [5, 5.41) is 7.31. The minimum atomic E-state index is -0.0282. The number of hydrogen-bond donors (Lipinski definition) is 1. The van der Waals surface area contributed by atoms with Gasteiger partial charge in [-0.15, -0.1) is 0 Å². The Morgan fingerprint density at radius 3 is 3.04 bits per heavy atom. The quantitative estimate of drug-likeness (QED) is 0.923. The average molecular weight is 326 g/mol. The van der Waals surface area contributed by atoms with Gasteiger partial charge in [-0.1, -0.05) is 6.07 Å². The van der Waals surface area contributed by atoms with Gasteiger partial charge >= 0.3 is 6.03 Å². The number of rotatable bonds is 2. The van der Waals surface area contributed by atoms with Crippen LogP contribution in [0, 0.1) is 12.3 Å². The van der Waals surface area contributed by atoms with Gasteiger partial charge in [-0.05, 0) is 43.5 Å². The summed E-state index contributed by atoms with van der Waals surface area (Å²) in [6.45, 7) is 5.19. The third-order valence-electron chi connectivity index (χ3n) is 5.14. The molecule has 3 heterocycles. The van der Waals surface area contributed by atoms with E-state index in [1.807, 2.05) is 42.3 Å². The Morgan fingerprint density at radius 1 is 1.38 bits per heavy atom. The zero-order valence-corrected chi connectivity index (χ0v) is 13.9. The van der Waals surface area contributed by atoms with Gasteiger partial charge in [-0.3, -0.25) is 0 Å². The number of aromatic nitrogens is 2. The molecule has 6 nitrogen and oxygen atoms in total. The van der Waals surface area contributed by atoms with E-state index in [-0.39, 0.29) is 11.4 Å². The summed E-state index contributed by atoms with van der Waals surface area (Å²) < 4.78 is 7.32. The Kier molecular flexibility index (Phi) is 3.76. The van der Waals surface area contributed by atoms with E-state index in [0.29, 0.717) is 0 Å². The first-order chi connectivity index (χ1) is 11.7. The van der Waals surface area contributed by atoms with Gasteiger partial charge in [0.1, 0.15) is 0 Å². The third-order valence-corrected chi connectivity index (χ3v) is 5.14. The van der Waals surface area contributed by atoms with Crippen LogP contribution in [-0.2, 0) is 4.74 Å². The fraction of sp³-hybridized carbons (Fsp3) is 0.444. The molecule has 2 aromatic rings. The van der Waals surface area contributed by atoms with Gasteiger partial charge in [-0.25, -0.2) is 9.48 Å². The van der Waals surface area contributed by atoms with Crippen molar-refractivity contribution in [2.24, 2.45) is 5.41 Å². The number of nitrogens with zero attached hydrogens (tertiary/aromatic N) is 3. The average Bonchev–Trinajstić information content (AvgIpc) is 3.33. The van der Waals surface area contributed by atoms with Gasteiger partial charge in [0.05, 0.1) is 12.3 Å². The van der Waals surface area contributed by atoms with Gasteiger partial charge in [0.2, 0.25) is 0 Å². The summed E-state index contributed by atoms with van der Waals surface area (Å²) in [6.07, 6.45) is 5.73. The van der Waals surface area contributed by atoms with Crippen molar-refractivity contribution in [2.75, 3.05) is 31.6 Å². The topological polar surface area (TPSA) is 59.4 Å². The largest absolute Gasteiger partial charge is 0.381 e. The number of benzene rings is 1. The molecule has 1 aromatic carbocycles. The summed E-state index contributed by atoms with van der Waals surface area (Å²) in [5.74, 6) is 0. The molecule has 2 aliphatic heterocycles. The van der Waals surface area contributed by atoms with Crippen LogP contribution < -0.4 is 5.32 Å². The van der Waals surface area contributed by atoms with Gasteiger partial charge < -0.3 is 15.0 Å². The number of likely N-dealkylation sites (tertiary alicyclic amines) is 1. The first-order valence-corrected chi connectivity index (χ1v) is 8.40. The van der Waals surface area contributed by atoms with Crippen LogP contribution in [0.5, 0.6) is 0 Å². The van der Waals surface area contributed by atoms with E-state index in [1.54, 1.807) is 10.9 Å². The smallest absolute Gasteiger partial charge is 0.321 e. The molecular formula is C18H22N4O2. The first-order valence-electron chi connectivity index (χ1n) is 8.40. The molecule has 0 saturated carbocycles. The molecule has 1 spiro atoms. The molecular weight excluding hydrogens is 304 g/mol. The highest BCUT2D eigenvalue weighted by Crippen LogP contribution is 2.38. The van der Waals surface area contributed by atoms with Crippen LogP contribution in [-0.4, -0.2) is 47.0 Å². The van der Waals surface area contributed by atoms with Gasteiger partial charge in [0.15, 0.2) is 0 Å². The maximum atomic E-state index is 12.7. The third kappa shape index (κ3) is 2.78. The minimum absolute atomic E-state index is 0.0282. The number of anilines is 1. The monoisotopic (exact) mass is 326 g/mol. The highest BCUT2D eigenvalue weighted by atomic mass is 16.5. The second-order valence-electron chi connectivity index (χ2n) is 6.85.